The van der Waals surface area contributed by atoms with Crippen LogP contribution in [0, 0.1) is 39.4 Å². The Morgan fingerprint density at radius 2 is 1.40 bits per heavy atom. The fourth-order valence-corrected chi connectivity index (χ4v) is 11.0. The summed E-state index contributed by atoms with van der Waals surface area (Å²) in [6.07, 6.45) is -9.80. The molecule has 0 radical (unpaired) electrons. The minimum atomic E-state index is -1.81. The summed E-state index contributed by atoms with van der Waals surface area (Å²) in [6.45, 7) is 9.14. The Labute approximate surface area is 275 Å². The number of ketones is 1. The zero-order valence-corrected chi connectivity index (χ0v) is 27.9. The van der Waals surface area contributed by atoms with Crippen molar-refractivity contribution >= 4 is 5.78 Å². The van der Waals surface area contributed by atoms with E-state index in [1.807, 2.05) is 13.8 Å². The molecule has 13 heteroatoms. The minimum Gasteiger partial charge on any atom is -0.394 e. The molecule has 0 aromatic heterocycles. The molecule has 47 heavy (non-hydrogen) atoms. The molecule has 0 amide bonds. The molecule has 3 saturated carbocycles. The zero-order chi connectivity index (χ0) is 34.4. The molecule has 2 aliphatic heterocycles. The summed E-state index contributed by atoms with van der Waals surface area (Å²) in [6, 6.07) is 0. The number of allylic oxidation sites excluding steroid dienone is 2. The SMILES string of the molecule is CC1(C)C(OC2OC(CO)C(O)C(O)C2OC2OC(CO)C(O)C(O)C2O)C(=O)CC2(C)C1CC(O)C1(C)C2CCC2C=CCC21C. The lowest BCUT2D eigenvalue weighted by atomic mass is 9.35. The van der Waals surface area contributed by atoms with Crippen molar-refractivity contribution in [2.75, 3.05) is 13.2 Å². The van der Waals surface area contributed by atoms with Crippen LogP contribution >= 0.6 is 0 Å². The summed E-state index contributed by atoms with van der Waals surface area (Å²) in [5.41, 5.74) is -1.80. The molecular formula is C34H54O13. The summed E-state index contributed by atoms with van der Waals surface area (Å²) in [5.74, 6) is 0.142. The van der Waals surface area contributed by atoms with Gasteiger partial charge in [0.2, 0.25) is 0 Å². The molecule has 5 fully saturated rings. The molecule has 13 nitrogen and oxygen atoms in total. The molecule has 4 aliphatic carbocycles. The Morgan fingerprint density at radius 3 is 2.04 bits per heavy atom. The number of aliphatic hydroxyl groups excluding tert-OH is 8. The number of carbonyl (C=O) groups excluding carboxylic acids is 1. The lowest BCUT2D eigenvalue weighted by molar-refractivity contribution is -0.375. The first-order valence-electron chi connectivity index (χ1n) is 17.1. The highest BCUT2D eigenvalue weighted by atomic mass is 16.8. The first-order valence-corrected chi connectivity index (χ1v) is 17.1. The predicted octanol–water partition coefficient (Wildman–Crippen LogP) is -0.619. The van der Waals surface area contributed by atoms with Crippen LogP contribution in [0.2, 0.25) is 0 Å². The first-order chi connectivity index (χ1) is 22.0. The van der Waals surface area contributed by atoms with Gasteiger partial charge in [-0.2, -0.15) is 0 Å². The Bertz CT molecular complexity index is 1210. The number of carbonyl (C=O) groups is 1. The average Bonchev–Trinajstić information content (AvgIpc) is 3.42. The van der Waals surface area contributed by atoms with E-state index in [4.69, 9.17) is 18.9 Å². The van der Waals surface area contributed by atoms with E-state index in [9.17, 15) is 45.6 Å². The van der Waals surface area contributed by atoms with Crippen molar-refractivity contribution in [2.24, 2.45) is 39.4 Å². The molecule has 18 atom stereocenters. The van der Waals surface area contributed by atoms with Gasteiger partial charge in [0.25, 0.3) is 0 Å². The summed E-state index contributed by atoms with van der Waals surface area (Å²) < 4.78 is 23.6. The Kier molecular flexibility index (Phi) is 9.36. The fraction of sp³-hybridized carbons (Fsp3) is 0.912. The van der Waals surface area contributed by atoms with Crippen LogP contribution < -0.4 is 0 Å². The lowest BCUT2D eigenvalue weighted by Gasteiger charge is -2.70. The molecule has 268 valence electrons. The molecule has 6 aliphatic rings. The fourth-order valence-electron chi connectivity index (χ4n) is 11.0. The van der Waals surface area contributed by atoms with Gasteiger partial charge in [0.1, 0.15) is 54.9 Å². The molecule has 0 aromatic carbocycles. The van der Waals surface area contributed by atoms with E-state index in [0.29, 0.717) is 12.3 Å². The molecule has 2 saturated heterocycles. The van der Waals surface area contributed by atoms with E-state index in [2.05, 4.69) is 32.9 Å². The molecule has 6 rings (SSSR count). The van der Waals surface area contributed by atoms with E-state index in [1.54, 1.807) is 0 Å². The number of hydrogen-bond donors (Lipinski definition) is 8. The summed E-state index contributed by atoms with van der Waals surface area (Å²) >= 11 is 0. The van der Waals surface area contributed by atoms with E-state index < -0.39 is 103 Å². The Morgan fingerprint density at radius 1 is 0.787 bits per heavy atom. The maximum absolute atomic E-state index is 14.3. The number of fused-ring (bicyclic) bond motifs is 5. The number of aliphatic hydroxyl groups is 8. The minimum absolute atomic E-state index is 0.0815. The van der Waals surface area contributed by atoms with Gasteiger partial charge in [-0.25, -0.2) is 0 Å². The van der Waals surface area contributed by atoms with Crippen LogP contribution in [-0.4, -0.2) is 133 Å². The highest BCUT2D eigenvalue weighted by Crippen LogP contribution is 2.73. The smallest absolute Gasteiger partial charge is 0.187 e. The van der Waals surface area contributed by atoms with Crippen molar-refractivity contribution in [2.45, 2.75) is 140 Å². The molecule has 0 aromatic rings. The third-order valence-corrected chi connectivity index (χ3v) is 13.8. The van der Waals surface area contributed by atoms with Crippen LogP contribution in [0.25, 0.3) is 0 Å². The van der Waals surface area contributed by atoms with Gasteiger partial charge >= 0.3 is 0 Å². The first kappa shape index (κ1) is 35.7. The molecule has 0 spiro atoms. The number of Topliss-reactive ketones (excluding diaryl/α,β-unsaturated/α-hetero) is 1. The van der Waals surface area contributed by atoms with E-state index in [-0.39, 0.29) is 29.5 Å². The zero-order valence-electron chi connectivity index (χ0n) is 27.9. The van der Waals surface area contributed by atoms with Gasteiger partial charge < -0.3 is 59.8 Å². The molecule has 2 heterocycles. The van der Waals surface area contributed by atoms with Crippen molar-refractivity contribution in [1.29, 1.82) is 0 Å². The average molecular weight is 671 g/mol. The molecule has 18 unspecified atom stereocenters. The molecular weight excluding hydrogens is 616 g/mol. The van der Waals surface area contributed by atoms with Gasteiger partial charge in [-0.3, -0.25) is 4.79 Å². The predicted molar refractivity (Wildman–Crippen MR) is 163 cm³/mol. The summed E-state index contributed by atoms with van der Waals surface area (Å²) in [7, 11) is 0. The van der Waals surface area contributed by atoms with Gasteiger partial charge in [0, 0.05) is 17.3 Å². The molecule has 0 bridgehead atoms. The second-order valence-electron chi connectivity index (χ2n) is 16.4. The van der Waals surface area contributed by atoms with E-state index in [1.165, 1.54) is 0 Å². The van der Waals surface area contributed by atoms with Gasteiger partial charge in [-0.05, 0) is 54.3 Å². The van der Waals surface area contributed by atoms with Crippen LogP contribution in [0.3, 0.4) is 0 Å². The van der Waals surface area contributed by atoms with Crippen LogP contribution in [0.15, 0.2) is 12.2 Å². The highest BCUT2D eigenvalue weighted by Gasteiger charge is 2.71. The van der Waals surface area contributed by atoms with Gasteiger partial charge in [-0.1, -0.05) is 46.8 Å². The van der Waals surface area contributed by atoms with Crippen LogP contribution in [0.4, 0.5) is 0 Å². The van der Waals surface area contributed by atoms with Gasteiger partial charge in [-0.15, -0.1) is 0 Å². The number of hydrogen-bond acceptors (Lipinski definition) is 13. The van der Waals surface area contributed by atoms with Crippen molar-refractivity contribution < 1.29 is 64.6 Å². The third kappa shape index (κ3) is 5.14. The monoisotopic (exact) mass is 670 g/mol. The quantitative estimate of drug-likeness (QED) is 0.131. The van der Waals surface area contributed by atoms with Crippen molar-refractivity contribution in [1.82, 2.24) is 0 Å². The summed E-state index contributed by atoms with van der Waals surface area (Å²) in [5, 5.41) is 84.6. The maximum atomic E-state index is 14.3. The topological polar surface area (TPSA) is 216 Å². The second-order valence-corrected chi connectivity index (χ2v) is 16.4. The van der Waals surface area contributed by atoms with E-state index in [0.717, 1.165) is 19.3 Å². The largest absolute Gasteiger partial charge is 0.394 e. The van der Waals surface area contributed by atoms with Crippen molar-refractivity contribution in [3.05, 3.63) is 12.2 Å². The lowest BCUT2D eigenvalue weighted by Crippen LogP contribution is -2.70. The van der Waals surface area contributed by atoms with Gasteiger partial charge in [0.05, 0.1) is 19.3 Å². The summed E-state index contributed by atoms with van der Waals surface area (Å²) in [4.78, 5) is 14.3. The normalized spacial score (nSPS) is 55.7. The van der Waals surface area contributed by atoms with Crippen LogP contribution in [0.5, 0.6) is 0 Å². The standard InChI is InChI=1S/C34H54O13/c1-31(2)20-11-21(38)34(5)19(9-8-15-7-6-10-33(15,34)4)32(20,3)12-16(37)28(31)47-30-27(25(42)23(40)18(14-36)45-30)46-29-26(43)24(41)22(39)17(13-35)44-29/h6-7,15,17-30,35-36,38-43H,8-14H2,1-5H3. The van der Waals surface area contributed by atoms with Crippen molar-refractivity contribution in [3.8, 4) is 0 Å². The van der Waals surface area contributed by atoms with Crippen LogP contribution in [-0.2, 0) is 23.7 Å². The number of rotatable bonds is 6. The highest BCUT2D eigenvalue weighted by molar-refractivity contribution is 5.86. The van der Waals surface area contributed by atoms with Gasteiger partial charge in [0.15, 0.2) is 18.4 Å². The third-order valence-electron chi connectivity index (χ3n) is 13.8. The molecule has 8 N–H and O–H groups in total. The van der Waals surface area contributed by atoms with Crippen molar-refractivity contribution in [3.63, 3.8) is 0 Å². The maximum Gasteiger partial charge on any atom is 0.187 e. The number of ether oxygens (including phenoxy) is 4. The Hall–Kier alpha value is -1.07. The second kappa shape index (κ2) is 12.3. The Balaban J connectivity index is 1.29. The van der Waals surface area contributed by atoms with Crippen LogP contribution in [0.1, 0.15) is 66.7 Å². The van der Waals surface area contributed by atoms with E-state index >= 15 is 0 Å².